The number of nitrogens with zero attached hydrogens (tertiary/aromatic N) is 1. The van der Waals surface area contributed by atoms with Crippen LogP contribution in [0.4, 0.5) is 5.69 Å². The Kier molecular flexibility index (Phi) is 4.22. The van der Waals surface area contributed by atoms with E-state index in [4.69, 9.17) is 23.2 Å². The zero-order valence-electron chi connectivity index (χ0n) is 10.8. The van der Waals surface area contributed by atoms with Crippen LogP contribution in [0.2, 0.25) is 10.2 Å². The smallest absolute Gasteiger partial charge is 0.262 e. The monoisotopic (exact) mass is 330 g/mol. The summed E-state index contributed by atoms with van der Waals surface area (Å²) in [5.74, 6) is 0. The molecule has 1 heterocycles. The van der Waals surface area contributed by atoms with Crippen molar-refractivity contribution in [3.63, 3.8) is 0 Å². The van der Waals surface area contributed by atoms with E-state index in [-0.39, 0.29) is 15.7 Å². The highest BCUT2D eigenvalue weighted by molar-refractivity contribution is 7.92. The number of sulfonamides is 1. The summed E-state index contributed by atoms with van der Waals surface area (Å²) in [6.45, 7) is 3.44. The lowest BCUT2D eigenvalue weighted by Gasteiger charge is -2.13. The van der Waals surface area contributed by atoms with Gasteiger partial charge in [-0.05, 0) is 43.2 Å². The number of nitrogens with one attached hydrogen (secondary N) is 1. The van der Waals surface area contributed by atoms with Crippen LogP contribution >= 0.6 is 23.2 Å². The lowest BCUT2D eigenvalue weighted by Crippen LogP contribution is -2.15. The number of pyridine rings is 1. The van der Waals surface area contributed by atoms with Gasteiger partial charge in [-0.25, -0.2) is 13.4 Å². The van der Waals surface area contributed by atoms with Gasteiger partial charge in [0.25, 0.3) is 10.0 Å². The number of hydrogen-bond acceptors (Lipinski definition) is 3. The first-order valence-corrected chi connectivity index (χ1v) is 7.95. The van der Waals surface area contributed by atoms with E-state index in [1.165, 1.54) is 12.3 Å². The van der Waals surface area contributed by atoms with Crippen LogP contribution in [0.25, 0.3) is 0 Å². The first-order chi connectivity index (χ1) is 9.31. The highest BCUT2D eigenvalue weighted by Crippen LogP contribution is 2.28. The van der Waals surface area contributed by atoms with Crippen LogP contribution < -0.4 is 4.72 Å². The van der Waals surface area contributed by atoms with E-state index < -0.39 is 10.0 Å². The lowest BCUT2D eigenvalue weighted by atomic mass is 10.2. The Morgan fingerprint density at radius 1 is 1.10 bits per heavy atom. The molecule has 0 unspecified atom stereocenters. The van der Waals surface area contributed by atoms with Gasteiger partial charge in [-0.3, -0.25) is 4.72 Å². The van der Waals surface area contributed by atoms with Crippen molar-refractivity contribution in [1.82, 2.24) is 4.98 Å². The molecule has 1 N–H and O–H groups in total. The number of halogens is 2. The summed E-state index contributed by atoms with van der Waals surface area (Å²) in [7, 11) is -3.77. The molecular weight excluding hydrogens is 319 g/mol. The molecule has 0 saturated heterocycles. The zero-order valence-corrected chi connectivity index (χ0v) is 13.1. The van der Waals surface area contributed by atoms with Crippen molar-refractivity contribution >= 4 is 38.9 Å². The van der Waals surface area contributed by atoms with Crippen molar-refractivity contribution in [2.75, 3.05) is 4.72 Å². The standard InChI is InChI=1S/C13H12Cl2N2O2S/c1-8-3-4-10(14)7-11(8)20(18,19)17-12-9(2)5-6-16-13(12)15/h3-7,17H,1-2H3. The highest BCUT2D eigenvalue weighted by Gasteiger charge is 2.20. The average Bonchev–Trinajstić information content (AvgIpc) is 2.37. The molecule has 0 saturated carbocycles. The van der Waals surface area contributed by atoms with Crippen molar-refractivity contribution < 1.29 is 8.42 Å². The second-order valence-electron chi connectivity index (χ2n) is 4.31. The number of hydrogen-bond donors (Lipinski definition) is 1. The summed E-state index contributed by atoms with van der Waals surface area (Å²) in [5, 5.41) is 0.457. The van der Waals surface area contributed by atoms with E-state index in [1.54, 1.807) is 32.0 Å². The van der Waals surface area contributed by atoms with Crippen LogP contribution in [0.5, 0.6) is 0 Å². The van der Waals surface area contributed by atoms with Gasteiger partial charge in [-0.2, -0.15) is 0 Å². The van der Waals surface area contributed by atoms with Crippen LogP contribution in [0.3, 0.4) is 0 Å². The van der Waals surface area contributed by atoms with E-state index in [9.17, 15) is 8.42 Å². The van der Waals surface area contributed by atoms with Gasteiger partial charge in [0.2, 0.25) is 0 Å². The maximum absolute atomic E-state index is 12.4. The van der Waals surface area contributed by atoms with E-state index >= 15 is 0 Å². The molecule has 20 heavy (non-hydrogen) atoms. The number of benzene rings is 1. The van der Waals surface area contributed by atoms with Crippen molar-refractivity contribution in [3.8, 4) is 0 Å². The molecule has 0 atom stereocenters. The Morgan fingerprint density at radius 2 is 1.80 bits per heavy atom. The molecular formula is C13H12Cl2N2O2S. The summed E-state index contributed by atoms with van der Waals surface area (Å²) in [6.07, 6.45) is 1.51. The van der Waals surface area contributed by atoms with E-state index in [0.717, 1.165) is 0 Å². The number of aromatic nitrogens is 1. The Balaban J connectivity index is 2.49. The summed E-state index contributed by atoms with van der Waals surface area (Å²) >= 11 is 11.8. The molecule has 4 nitrogen and oxygen atoms in total. The minimum atomic E-state index is -3.77. The predicted octanol–water partition coefficient (Wildman–Crippen LogP) is 3.81. The van der Waals surface area contributed by atoms with Gasteiger partial charge in [-0.15, -0.1) is 0 Å². The fraction of sp³-hybridized carbons (Fsp3) is 0.154. The molecule has 0 spiro atoms. The molecule has 2 aromatic rings. The third kappa shape index (κ3) is 3.06. The number of anilines is 1. The third-order valence-corrected chi connectivity index (χ3v) is 4.80. The van der Waals surface area contributed by atoms with Gasteiger partial charge >= 0.3 is 0 Å². The second-order valence-corrected chi connectivity index (χ2v) is 6.75. The molecule has 0 aliphatic heterocycles. The van der Waals surface area contributed by atoms with Gasteiger partial charge in [0, 0.05) is 11.2 Å². The molecule has 1 aromatic heterocycles. The first kappa shape index (κ1) is 15.1. The molecule has 2 rings (SSSR count). The minimum absolute atomic E-state index is 0.105. The second kappa shape index (κ2) is 5.60. The summed E-state index contributed by atoms with van der Waals surface area (Å²) in [6, 6.07) is 6.36. The van der Waals surface area contributed by atoms with Gasteiger partial charge in [-0.1, -0.05) is 29.3 Å². The van der Waals surface area contributed by atoms with Crippen molar-refractivity contribution in [3.05, 3.63) is 51.8 Å². The van der Waals surface area contributed by atoms with Gasteiger partial charge in [0.05, 0.1) is 10.6 Å². The van der Waals surface area contributed by atoms with E-state index in [1.807, 2.05) is 0 Å². The van der Waals surface area contributed by atoms with Gasteiger partial charge in [0.1, 0.15) is 0 Å². The lowest BCUT2D eigenvalue weighted by molar-refractivity contribution is 0.600. The maximum Gasteiger partial charge on any atom is 0.262 e. The summed E-state index contributed by atoms with van der Waals surface area (Å²) < 4.78 is 27.3. The van der Waals surface area contributed by atoms with Crippen LogP contribution in [0, 0.1) is 13.8 Å². The molecule has 0 bridgehead atoms. The molecule has 0 amide bonds. The van der Waals surface area contributed by atoms with Crippen LogP contribution in [0.1, 0.15) is 11.1 Å². The fourth-order valence-corrected chi connectivity index (χ4v) is 3.66. The molecule has 106 valence electrons. The zero-order chi connectivity index (χ0) is 14.9. The maximum atomic E-state index is 12.4. The van der Waals surface area contributed by atoms with Crippen LogP contribution in [-0.2, 0) is 10.0 Å². The SMILES string of the molecule is Cc1ccc(Cl)cc1S(=O)(=O)Nc1c(C)ccnc1Cl. The quantitative estimate of drug-likeness (QED) is 0.870. The largest absolute Gasteiger partial charge is 0.276 e. The molecule has 1 aromatic carbocycles. The van der Waals surface area contributed by atoms with Gasteiger partial charge in [0.15, 0.2) is 5.15 Å². The normalized spacial score (nSPS) is 11.4. The van der Waals surface area contributed by atoms with Crippen molar-refractivity contribution in [2.45, 2.75) is 18.7 Å². The molecule has 0 fully saturated rings. The Morgan fingerprint density at radius 3 is 2.45 bits per heavy atom. The minimum Gasteiger partial charge on any atom is -0.276 e. The van der Waals surface area contributed by atoms with E-state index in [0.29, 0.717) is 16.1 Å². The molecule has 0 aliphatic rings. The van der Waals surface area contributed by atoms with Crippen LogP contribution in [-0.4, -0.2) is 13.4 Å². The highest BCUT2D eigenvalue weighted by atomic mass is 35.5. The van der Waals surface area contributed by atoms with Crippen molar-refractivity contribution in [1.29, 1.82) is 0 Å². The predicted molar refractivity (Wildman–Crippen MR) is 81.0 cm³/mol. The third-order valence-electron chi connectivity index (χ3n) is 2.79. The first-order valence-electron chi connectivity index (χ1n) is 5.71. The van der Waals surface area contributed by atoms with Crippen LogP contribution in [0.15, 0.2) is 35.4 Å². The number of aryl methyl sites for hydroxylation is 2. The Hall–Kier alpha value is -1.30. The molecule has 0 aliphatic carbocycles. The molecule has 0 radical (unpaired) electrons. The van der Waals surface area contributed by atoms with Gasteiger partial charge < -0.3 is 0 Å². The summed E-state index contributed by atoms with van der Waals surface area (Å²) in [4.78, 5) is 3.99. The average molecular weight is 331 g/mol. The molecule has 7 heteroatoms. The topological polar surface area (TPSA) is 59.1 Å². The summed E-state index contributed by atoms with van der Waals surface area (Å²) in [5.41, 5.74) is 1.56. The Labute approximate surface area is 127 Å². The van der Waals surface area contributed by atoms with E-state index in [2.05, 4.69) is 9.71 Å². The number of rotatable bonds is 3. The Bertz CT molecular complexity index is 741. The van der Waals surface area contributed by atoms with Crippen molar-refractivity contribution in [2.24, 2.45) is 0 Å². The fourth-order valence-electron chi connectivity index (χ4n) is 1.70.